The quantitative estimate of drug-likeness (QED) is 0.688. The molecule has 7 heteroatoms. The van der Waals surface area contributed by atoms with Crippen molar-refractivity contribution >= 4 is 34.7 Å². The molecule has 0 aliphatic carbocycles. The fourth-order valence-corrected chi connectivity index (χ4v) is 2.29. The van der Waals surface area contributed by atoms with Gasteiger partial charge in [0.1, 0.15) is 5.82 Å². The molecule has 0 unspecified atom stereocenters. The van der Waals surface area contributed by atoms with Crippen LogP contribution in [0.15, 0.2) is 60.8 Å². The zero-order valence-electron chi connectivity index (χ0n) is 12.8. The Morgan fingerprint density at radius 2 is 1.76 bits per heavy atom. The smallest absolute Gasteiger partial charge is 0.255 e. The Bertz CT molecular complexity index is 916. The Labute approximate surface area is 147 Å². The summed E-state index contributed by atoms with van der Waals surface area (Å²) in [6, 6.07) is 13.3. The van der Waals surface area contributed by atoms with Crippen molar-refractivity contribution in [3.05, 3.63) is 83.0 Å². The van der Waals surface area contributed by atoms with Crippen LogP contribution in [0.1, 0.15) is 10.4 Å². The molecule has 0 saturated heterocycles. The van der Waals surface area contributed by atoms with Gasteiger partial charge in [-0.15, -0.1) is 0 Å². The number of carbonyl (C=O) groups is 1. The monoisotopic (exact) mass is 359 g/mol. The average molecular weight is 360 g/mol. The molecule has 3 rings (SSSR count). The third-order valence-corrected chi connectivity index (χ3v) is 3.54. The van der Waals surface area contributed by atoms with Gasteiger partial charge in [-0.05, 0) is 42.5 Å². The minimum absolute atomic E-state index is 0.314. The summed E-state index contributed by atoms with van der Waals surface area (Å²) in [6.45, 7) is 0. The zero-order chi connectivity index (χ0) is 17.8. The van der Waals surface area contributed by atoms with E-state index < -0.39 is 11.6 Å². The van der Waals surface area contributed by atoms with Gasteiger partial charge >= 0.3 is 0 Å². The SMILES string of the molecule is O=C(Nc1ccc(Nc2ccc(F)c(F)c2)nc1)c1cccc(Cl)c1. The highest BCUT2D eigenvalue weighted by atomic mass is 35.5. The average Bonchev–Trinajstić information content (AvgIpc) is 2.60. The summed E-state index contributed by atoms with van der Waals surface area (Å²) < 4.78 is 26.1. The normalized spacial score (nSPS) is 10.4. The topological polar surface area (TPSA) is 54.0 Å². The van der Waals surface area contributed by atoms with Crippen LogP contribution >= 0.6 is 11.6 Å². The maximum absolute atomic E-state index is 13.2. The summed E-state index contributed by atoms with van der Waals surface area (Å²) in [7, 11) is 0. The number of carbonyl (C=O) groups excluding carboxylic acids is 1. The van der Waals surface area contributed by atoms with E-state index in [1.54, 1.807) is 36.4 Å². The molecule has 1 amide bonds. The summed E-state index contributed by atoms with van der Waals surface area (Å²) in [5.74, 6) is -1.76. The number of pyridine rings is 1. The molecule has 2 N–H and O–H groups in total. The Kier molecular flexibility index (Phi) is 4.90. The second kappa shape index (κ2) is 7.27. The molecule has 0 aliphatic heterocycles. The van der Waals surface area contributed by atoms with Crippen LogP contribution in [-0.4, -0.2) is 10.9 Å². The van der Waals surface area contributed by atoms with E-state index in [0.29, 0.717) is 27.8 Å². The first kappa shape index (κ1) is 16.9. The van der Waals surface area contributed by atoms with Gasteiger partial charge in [0.25, 0.3) is 5.91 Å². The molecule has 0 aliphatic rings. The van der Waals surface area contributed by atoms with Gasteiger partial charge in [-0.1, -0.05) is 17.7 Å². The van der Waals surface area contributed by atoms with E-state index in [1.807, 2.05) is 0 Å². The van der Waals surface area contributed by atoms with Crippen molar-refractivity contribution in [3.8, 4) is 0 Å². The van der Waals surface area contributed by atoms with Crippen molar-refractivity contribution in [3.63, 3.8) is 0 Å². The summed E-state index contributed by atoms with van der Waals surface area (Å²) in [4.78, 5) is 16.2. The van der Waals surface area contributed by atoms with Crippen molar-refractivity contribution in [2.24, 2.45) is 0 Å². The van der Waals surface area contributed by atoms with Gasteiger partial charge in [-0.3, -0.25) is 4.79 Å². The van der Waals surface area contributed by atoms with E-state index in [-0.39, 0.29) is 5.91 Å². The van der Waals surface area contributed by atoms with E-state index in [2.05, 4.69) is 15.6 Å². The van der Waals surface area contributed by atoms with E-state index in [9.17, 15) is 13.6 Å². The Hall–Kier alpha value is -2.99. The van der Waals surface area contributed by atoms with Crippen LogP contribution < -0.4 is 10.6 Å². The molecule has 1 aromatic heterocycles. The predicted octanol–water partition coefficient (Wildman–Crippen LogP) is 5.01. The molecular weight excluding hydrogens is 348 g/mol. The lowest BCUT2D eigenvalue weighted by molar-refractivity contribution is 0.102. The van der Waals surface area contributed by atoms with Gasteiger partial charge < -0.3 is 10.6 Å². The minimum Gasteiger partial charge on any atom is -0.340 e. The van der Waals surface area contributed by atoms with Crippen molar-refractivity contribution in [2.45, 2.75) is 0 Å². The van der Waals surface area contributed by atoms with Gasteiger partial charge in [0.15, 0.2) is 11.6 Å². The molecule has 0 atom stereocenters. The number of anilines is 3. The van der Waals surface area contributed by atoms with Gasteiger partial charge in [-0.2, -0.15) is 0 Å². The third kappa shape index (κ3) is 4.30. The van der Waals surface area contributed by atoms with Crippen LogP contribution in [0.5, 0.6) is 0 Å². The standard InChI is InChI=1S/C18H12ClF2N3O/c19-12-3-1-2-11(8-12)18(25)24-14-5-7-17(22-10-14)23-13-4-6-15(20)16(21)9-13/h1-10H,(H,22,23)(H,24,25). The summed E-state index contributed by atoms with van der Waals surface area (Å²) in [5, 5.41) is 6.01. The fourth-order valence-electron chi connectivity index (χ4n) is 2.10. The van der Waals surface area contributed by atoms with E-state index in [0.717, 1.165) is 12.1 Å². The van der Waals surface area contributed by atoms with E-state index in [1.165, 1.54) is 12.3 Å². The minimum atomic E-state index is -0.949. The first-order chi connectivity index (χ1) is 12.0. The number of aromatic nitrogens is 1. The second-order valence-electron chi connectivity index (χ2n) is 5.15. The van der Waals surface area contributed by atoms with Crippen molar-refractivity contribution in [1.29, 1.82) is 0 Å². The molecule has 0 saturated carbocycles. The predicted molar refractivity (Wildman–Crippen MR) is 93.3 cm³/mol. The number of nitrogens with zero attached hydrogens (tertiary/aromatic N) is 1. The van der Waals surface area contributed by atoms with Crippen LogP contribution in [0.3, 0.4) is 0 Å². The summed E-state index contributed by atoms with van der Waals surface area (Å²) in [6.07, 6.45) is 1.45. The van der Waals surface area contributed by atoms with Crippen LogP contribution in [0.2, 0.25) is 5.02 Å². The van der Waals surface area contributed by atoms with Gasteiger partial charge in [0.2, 0.25) is 0 Å². The van der Waals surface area contributed by atoms with Crippen LogP contribution in [-0.2, 0) is 0 Å². The number of hydrogen-bond donors (Lipinski definition) is 2. The highest BCUT2D eigenvalue weighted by Crippen LogP contribution is 2.19. The summed E-state index contributed by atoms with van der Waals surface area (Å²) >= 11 is 5.86. The first-order valence-electron chi connectivity index (χ1n) is 7.26. The number of nitrogens with one attached hydrogen (secondary N) is 2. The fraction of sp³-hybridized carbons (Fsp3) is 0. The zero-order valence-corrected chi connectivity index (χ0v) is 13.5. The maximum Gasteiger partial charge on any atom is 0.255 e. The molecule has 0 radical (unpaired) electrons. The van der Waals surface area contributed by atoms with Gasteiger partial charge in [0.05, 0.1) is 11.9 Å². The molecule has 3 aromatic rings. The number of amides is 1. The highest BCUT2D eigenvalue weighted by molar-refractivity contribution is 6.31. The number of benzene rings is 2. The summed E-state index contributed by atoms with van der Waals surface area (Å²) in [5.41, 5.74) is 1.28. The molecule has 0 spiro atoms. The molecule has 1 heterocycles. The largest absolute Gasteiger partial charge is 0.340 e. The first-order valence-corrected chi connectivity index (χ1v) is 7.64. The Morgan fingerprint density at radius 1 is 0.960 bits per heavy atom. The van der Waals surface area contributed by atoms with Crippen LogP contribution in [0.25, 0.3) is 0 Å². The molecule has 25 heavy (non-hydrogen) atoms. The molecule has 4 nitrogen and oxygen atoms in total. The maximum atomic E-state index is 13.2. The van der Waals surface area contributed by atoms with Crippen LogP contribution in [0, 0.1) is 11.6 Å². The molecule has 0 bridgehead atoms. The van der Waals surface area contributed by atoms with Crippen molar-refractivity contribution < 1.29 is 13.6 Å². The van der Waals surface area contributed by atoms with Crippen LogP contribution in [0.4, 0.5) is 26.0 Å². The molecule has 126 valence electrons. The third-order valence-electron chi connectivity index (χ3n) is 3.30. The molecular formula is C18H12ClF2N3O. The van der Waals surface area contributed by atoms with Crippen molar-refractivity contribution in [1.82, 2.24) is 4.98 Å². The number of hydrogen-bond acceptors (Lipinski definition) is 3. The number of rotatable bonds is 4. The van der Waals surface area contributed by atoms with Crippen molar-refractivity contribution in [2.75, 3.05) is 10.6 Å². The molecule has 0 fully saturated rings. The second-order valence-corrected chi connectivity index (χ2v) is 5.59. The van der Waals surface area contributed by atoms with E-state index in [4.69, 9.17) is 11.6 Å². The lowest BCUT2D eigenvalue weighted by Crippen LogP contribution is -2.12. The highest BCUT2D eigenvalue weighted by Gasteiger charge is 2.07. The lowest BCUT2D eigenvalue weighted by atomic mass is 10.2. The lowest BCUT2D eigenvalue weighted by Gasteiger charge is -2.08. The Morgan fingerprint density at radius 3 is 2.44 bits per heavy atom. The van der Waals surface area contributed by atoms with E-state index >= 15 is 0 Å². The van der Waals surface area contributed by atoms with Gasteiger partial charge in [0, 0.05) is 22.3 Å². The Balaban J connectivity index is 1.67. The van der Waals surface area contributed by atoms with Gasteiger partial charge in [-0.25, -0.2) is 13.8 Å². The molecule has 2 aromatic carbocycles. The number of halogens is 3.